The highest BCUT2D eigenvalue weighted by Crippen LogP contribution is 2.48. The Hall–Kier alpha value is -4.42. The number of rotatable bonds is 8. The lowest BCUT2D eigenvalue weighted by Gasteiger charge is -2.24. The second-order valence-electron chi connectivity index (χ2n) is 12.5. The number of hydrogen-bond donors (Lipinski definition) is 2. The van der Waals surface area contributed by atoms with Crippen LogP contribution in [0.1, 0.15) is 95.6 Å². The number of carboxylic acid groups (broad SMARTS) is 1. The molecule has 6 rings (SSSR count). The second-order valence-corrected chi connectivity index (χ2v) is 14.4. The lowest BCUT2D eigenvalue weighted by atomic mass is 9.81. The highest BCUT2D eigenvalue weighted by Gasteiger charge is 2.32. The van der Waals surface area contributed by atoms with Crippen LogP contribution in [-0.2, 0) is 16.8 Å². The summed E-state index contributed by atoms with van der Waals surface area (Å²) in [5, 5.41) is 11.3. The molecule has 0 radical (unpaired) electrons. The fourth-order valence-corrected chi connectivity index (χ4v) is 7.33. The van der Waals surface area contributed by atoms with Crippen LogP contribution in [0.3, 0.4) is 0 Å². The Balaban J connectivity index is 1.63. The van der Waals surface area contributed by atoms with Crippen LogP contribution < -0.4 is 9.46 Å². The maximum absolute atomic E-state index is 13.3. The van der Waals surface area contributed by atoms with Crippen molar-refractivity contribution in [1.82, 2.24) is 23.1 Å². The lowest BCUT2D eigenvalue weighted by molar-refractivity contribution is 0.0682. The molecule has 2 aliphatic rings. The number of imidazole rings is 1. The van der Waals surface area contributed by atoms with Gasteiger partial charge in [-0.15, -0.1) is 0 Å². The molecule has 2 N–H and O–H groups in total. The molecule has 1 aliphatic carbocycles. The zero-order valence-electron chi connectivity index (χ0n) is 26.7. The predicted molar refractivity (Wildman–Crippen MR) is 177 cm³/mol. The number of benzene rings is 2. The molecule has 242 valence electrons. The second kappa shape index (κ2) is 12.1. The molecule has 46 heavy (non-hydrogen) atoms. The van der Waals surface area contributed by atoms with E-state index in [2.05, 4.69) is 14.3 Å². The van der Waals surface area contributed by atoms with E-state index in [9.17, 15) is 23.1 Å². The monoisotopic (exact) mass is 645 g/mol. The summed E-state index contributed by atoms with van der Waals surface area (Å²) in [6.07, 6.45) is 9.04. The number of hydrogen-bond acceptors (Lipinski definition) is 6. The van der Waals surface area contributed by atoms with E-state index in [1.54, 1.807) is 30.1 Å². The first kappa shape index (κ1) is 31.6. The van der Waals surface area contributed by atoms with Crippen molar-refractivity contribution in [3.8, 4) is 17.0 Å². The number of aromatic carboxylic acids is 1. The van der Waals surface area contributed by atoms with Crippen LogP contribution in [-0.4, -0.2) is 65.0 Å². The third kappa shape index (κ3) is 5.49. The first-order valence-corrected chi connectivity index (χ1v) is 17.0. The van der Waals surface area contributed by atoms with E-state index in [-0.39, 0.29) is 29.8 Å². The smallest absolute Gasteiger partial charge is 0.354 e. The molecule has 1 fully saturated rings. The Kier molecular flexibility index (Phi) is 8.28. The summed E-state index contributed by atoms with van der Waals surface area (Å²) in [5.41, 5.74) is 6.17. The van der Waals surface area contributed by atoms with Crippen LogP contribution in [0.4, 0.5) is 0 Å². The van der Waals surface area contributed by atoms with E-state index in [0.717, 1.165) is 57.7 Å². The van der Waals surface area contributed by atoms with Crippen molar-refractivity contribution >= 4 is 44.6 Å². The largest absolute Gasteiger partial charge is 0.497 e. The number of aromatic nitrogens is 3. The molecule has 2 aromatic heterocycles. The number of amides is 1. The quantitative estimate of drug-likeness (QED) is 0.242. The van der Waals surface area contributed by atoms with Gasteiger partial charge in [-0.2, -0.15) is 12.7 Å². The van der Waals surface area contributed by atoms with Crippen LogP contribution in [0, 0.1) is 0 Å². The first-order valence-electron chi connectivity index (χ1n) is 15.5. The third-order valence-corrected chi connectivity index (χ3v) is 10.5. The summed E-state index contributed by atoms with van der Waals surface area (Å²) < 4.78 is 37.5. The van der Waals surface area contributed by atoms with Crippen molar-refractivity contribution in [1.29, 1.82) is 0 Å². The van der Waals surface area contributed by atoms with Crippen LogP contribution in [0.5, 0.6) is 5.75 Å². The van der Waals surface area contributed by atoms with Gasteiger partial charge in [0.1, 0.15) is 11.4 Å². The Labute approximate surface area is 268 Å². The fourth-order valence-electron chi connectivity index (χ4n) is 6.79. The van der Waals surface area contributed by atoms with Crippen molar-refractivity contribution in [3.05, 3.63) is 70.8 Å². The Morgan fingerprint density at radius 2 is 1.83 bits per heavy atom. The number of carbonyl (C=O) groups excluding carboxylic acids is 1. The van der Waals surface area contributed by atoms with Gasteiger partial charge in [0.05, 0.1) is 25.7 Å². The number of nitrogens with zero attached hydrogens (tertiary/aromatic N) is 4. The van der Waals surface area contributed by atoms with Crippen LogP contribution >= 0.6 is 0 Å². The van der Waals surface area contributed by atoms with Gasteiger partial charge in [-0.05, 0) is 80.1 Å². The van der Waals surface area contributed by atoms with E-state index < -0.39 is 22.1 Å². The molecule has 12 heteroatoms. The molecular formula is C34H39N5O6S. The molecule has 1 aliphatic heterocycles. The highest BCUT2D eigenvalue weighted by molar-refractivity contribution is 7.87. The topological polar surface area (TPSA) is 136 Å². The summed E-state index contributed by atoms with van der Waals surface area (Å²) in [6, 6.07) is 11.1. The molecular weight excluding hydrogens is 606 g/mol. The van der Waals surface area contributed by atoms with Gasteiger partial charge in [-0.3, -0.25) is 4.79 Å². The van der Waals surface area contributed by atoms with Crippen LogP contribution in [0.2, 0.25) is 0 Å². The number of carboxylic acids is 1. The zero-order chi connectivity index (χ0) is 32.9. The fraction of sp³-hybridized carbons (Fsp3) is 0.382. The van der Waals surface area contributed by atoms with Crippen molar-refractivity contribution < 1.29 is 27.9 Å². The molecule has 0 spiro atoms. The van der Waals surface area contributed by atoms with Gasteiger partial charge in [-0.1, -0.05) is 25.3 Å². The molecule has 4 aromatic rings. The summed E-state index contributed by atoms with van der Waals surface area (Å²) in [7, 11) is 0.322. The van der Waals surface area contributed by atoms with Gasteiger partial charge in [-0.25, -0.2) is 14.5 Å². The zero-order valence-corrected chi connectivity index (χ0v) is 27.5. The predicted octanol–water partition coefficient (Wildman–Crippen LogP) is 5.93. The van der Waals surface area contributed by atoms with Gasteiger partial charge in [0.15, 0.2) is 5.69 Å². The van der Waals surface area contributed by atoms with Gasteiger partial charge in [0.2, 0.25) is 0 Å². The minimum Gasteiger partial charge on any atom is -0.497 e. The molecule has 3 heterocycles. The van der Waals surface area contributed by atoms with Gasteiger partial charge in [0.25, 0.3) is 5.91 Å². The highest BCUT2D eigenvalue weighted by atomic mass is 32.2. The Bertz CT molecular complexity index is 2000. The Morgan fingerprint density at radius 1 is 1.09 bits per heavy atom. The first-order chi connectivity index (χ1) is 21.9. The molecule has 2 aromatic carbocycles. The molecule has 1 amide bonds. The summed E-state index contributed by atoms with van der Waals surface area (Å²) in [6.45, 7) is 4.11. The van der Waals surface area contributed by atoms with Gasteiger partial charge >= 0.3 is 16.2 Å². The minimum absolute atomic E-state index is 0.104. The molecule has 11 nitrogen and oxygen atoms in total. The standard InChI is InChI=1S/C34H39N5O6S/c1-20(2)39-19-35-30(32(39)34(41)42)24-15-23-16-25(45-5)12-14-26(23)31-29(21-9-7-6-8-10-21)27-13-11-22(17-28(27)38(31)18-24)33(40)36-46(43,44)37(3)4/h11-17,19-21H,6-10,18H2,1-5H3,(H,36,40)(H,41,42). The SMILES string of the molecule is COc1ccc2c(c1)C=C(c1ncn(C(C)C)c1C(=O)O)Cn1c-2c(C2CCCCC2)c2ccc(C(=O)NS(=O)(=O)N(C)C)cc21. The number of nitrogens with one attached hydrogen (secondary N) is 1. The Morgan fingerprint density at radius 3 is 2.48 bits per heavy atom. The van der Waals surface area contributed by atoms with E-state index in [0.29, 0.717) is 17.0 Å². The molecule has 1 saturated carbocycles. The maximum Gasteiger partial charge on any atom is 0.354 e. The van der Waals surface area contributed by atoms with Gasteiger partial charge in [0, 0.05) is 47.7 Å². The summed E-state index contributed by atoms with van der Waals surface area (Å²) in [4.78, 5) is 30.5. The average molecular weight is 646 g/mol. The van der Waals surface area contributed by atoms with Crippen LogP contribution in [0.15, 0.2) is 42.7 Å². The number of allylic oxidation sites excluding steroid dienone is 1. The van der Waals surface area contributed by atoms with E-state index >= 15 is 0 Å². The number of ether oxygens (including phenoxy) is 1. The number of carbonyl (C=O) groups is 2. The van der Waals surface area contributed by atoms with Crippen LogP contribution in [0.25, 0.3) is 33.8 Å². The molecule has 0 atom stereocenters. The van der Waals surface area contributed by atoms with E-state index in [1.807, 2.05) is 44.2 Å². The average Bonchev–Trinajstić information content (AvgIpc) is 3.56. The van der Waals surface area contributed by atoms with Crippen molar-refractivity contribution in [2.24, 2.45) is 0 Å². The van der Waals surface area contributed by atoms with Crippen molar-refractivity contribution in [3.63, 3.8) is 0 Å². The number of fused-ring (bicyclic) bond motifs is 5. The molecule has 0 unspecified atom stereocenters. The van der Waals surface area contributed by atoms with Gasteiger partial charge < -0.3 is 19.0 Å². The number of methoxy groups -OCH3 is 1. The lowest BCUT2D eigenvalue weighted by Crippen LogP contribution is -2.39. The van der Waals surface area contributed by atoms with E-state index in [1.165, 1.54) is 26.1 Å². The summed E-state index contributed by atoms with van der Waals surface area (Å²) in [5.74, 6) is -0.847. The van der Waals surface area contributed by atoms with E-state index in [4.69, 9.17) is 4.74 Å². The summed E-state index contributed by atoms with van der Waals surface area (Å²) >= 11 is 0. The molecule has 0 saturated heterocycles. The minimum atomic E-state index is -4.00. The molecule has 0 bridgehead atoms. The normalized spacial score (nSPS) is 15.4. The van der Waals surface area contributed by atoms with Crippen molar-refractivity contribution in [2.75, 3.05) is 21.2 Å². The third-order valence-electron chi connectivity index (χ3n) is 9.11. The van der Waals surface area contributed by atoms with Crippen molar-refractivity contribution in [2.45, 2.75) is 64.5 Å². The maximum atomic E-state index is 13.3.